The van der Waals surface area contributed by atoms with Gasteiger partial charge in [-0.15, -0.1) is 11.8 Å². The van der Waals surface area contributed by atoms with Crippen LogP contribution in [0.4, 0.5) is 0 Å². The van der Waals surface area contributed by atoms with Crippen molar-refractivity contribution in [3.63, 3.8) is 0 Å². The molecule has 0 fully saturated rings. The van der Waals surface area contributed by atoms with Crippen molar-refractivity contribution in [3.8, 4) is 5.75 Å². The van der Waals surface area contributed by atoms with E-state index in [1.807, 2.05) is 62.4 Å². The summed E-state index contributed by atoms with van der Waals surface area (Å²) in [4.78, 5) is 27.4. The van der Waals surface area contributed by atoms with Crippen LogP contribution >= 0.6 is 23.4 Å². The summed E-state index contributed by atoms with van der Waals surface area (Å²) in [5, 5.41) is 3.54. The number of nitrogens with one attached hydrogen (secondary N) is 1. The van der Waals surface area contributed by atoms with Crippen molar-refractivity contribution < 1.29 is 14.3 Å². The summed E-state index contributed by atoms with van der Waals surface area (Å²) in [7, 11) is 1.61. The summed E-state index contributed by atoms with van der Waals surface area (Å²) >= 11 is 7.71. The molecule has 2 aromatic carbocycles. The number of thioether (sulfide) groups is 1. The van der Waals surface area contributed by atoms with E-state index in [9.17, 15) is 9.59 Å². The number of carbonyl (C=O) groups is 2. The van der Waals surface area contributed by atoms with Gasteiger partial charge < -0.3 is 15.0 Å². The molecular weight excluding hydrogens is 420 g/mol. The number of ether oxygens (including phenoxy) is 1. The molecule has 2 amide bonds. The zero-order chi connectivity index (χ0) is 21.9. The minimum absolute atomic E-state index is 0.0685. The van der Waals surface area contributed by atoms with Gasteiger partial charge in [-0.3, -0.25) is 9.59 Å². The van der Waals surface area contributed by atoms with Crippen LogP contribution in [0.2, 0.25) is 5.02 Å². The minimum Gasteiger partial charge on any atom is -0.497 e. The number of hydrogen-bond donors (Lipinski definition) is 1. The van der Waals surface area contributed by atoms with Crippen LogP contribution in [-0.2, 0) is 21.9 Å². The molecule has 5 nitrogen and oxygen atoms in total. The lowest BCUT2D eigenvalue weighted by molar-refractivity contribution is -0.139. The van der Waals surface area contributed by atoms with Gasteiger partial charge in [-0.05, 0) is 42.7 Å². The SMILES string of the molecule is CCNC(=O)[C@@H](CC)N(Cc1ccc(OC)cc1)C(=O)CSCc1ccccc1Cl. The van der Waals surface area contributed by atoms with Gasteiger partial charge in [0.05, 0.1) is 12.9 Å². The Kier molecular flexibility index (Phi) is 10.0. The zero-order valence-electron chi connectivity index (χ0n) is 17.7. The van der Waals surface area contributed by atoms with Gasteiger partial charge in [-0.25, -0.2) is 0 Å². The molecule has 2 rings (SSSR count). The van der Waals surface area contributed by atoms with E-state index in [2.05, 4.69) is 5.32 Å². The molecule has 1 N–H and O–H groups in total. The molecule has 0 aliphatic carbocycles. The standard InChI is InChI=1S/C23H29ClN2O3S/c1-4-21(23(28)25-5-2)26(14-17-10-12-19(29-3)13-11-17)22(27)16-30-15-18-8-6-7-9-20(18)24/h6-13,21H,4-5,14-16H2,1-3H3,(H,25,28)/t21-/m1/s1. The van der Waals surface area contributed by atoms with Gasteiger partial charge in [0.1, 0.15) is 11.8 Å². The van der Waals surface area contributed by atoms with Crippen LogP contribution in [0.1, 0.15) is 31.4 Å². The maximum Gasteiger partial charge on any atom is 0.242 e. The number of amides is 2. The number of halogens is 1. The Hall–Kier alpha value is -2.18. The van der Waals surface area contributed by atoms with E-state index in [0.29, 0.717) is 30.3 Å². The molecule has 0 aliphatic rings. The molecule has 0 unspecified atom stereocenters. The molecule has 0 spiro atoms. The van der Waals surface area contributed by atoms with E-state index in [-0.39, 0.29) is 17.6 Å². The fraction of sp³-hybridized carbons (Fsp3) is 0.391. The summed E-state index contributed by atoms with van der Waals surface area (Å²) in [6, 6.07) is 14.7. The number of nitrogens with zero attached hydrogens (tertiary/aromatic N) is 1. The molecule has 0 heterocycles. The molecule has 0 radical (unpaired) electrons. The number of benzene rings is 2. The smallest absolute Gasteiger partial charge is 0.242 e. The van der Waals surface area contributed by atoms with Gasteiger partial charge in [-0.1, -0.05) is 48.9 Å². The Morgan fingerprint density at radius 1 is 1.13 bits per heavy atom. The molecule has 0 saturated carbocycles. The summed E-state index contributed by atoms with van der Waals surface area (Å²) in [5.41, 5.74) is 1.94. The number of methoxy groups -OCH3 is 1. The van der Waals surface area contributed by atoms with E-state index < -0.39 is 6.04 Å². The van der Waals surface area contributed by atoms with Crippen LogP contribution in [-0.4, -0.2) is 42.2 Å². The van der Waals surface area contributed by atoms with Crippen LogP contribution in [0, 0.1) is 0 Å². The van der Waals surface area contributed by atoms with E-state index >= 15 is 0 Å². The number of likely N-dealkylation sites (N-methyl/N-ethyl adjacent to an activating group) is 1. The first-order valence-electron chi connectivity index (χ1n) is 10.0. The van der Waals surface area contributed by atoms with Crippen molar-refractivity contribution in [3.05, 3.63) is 64.7 Å². The molecule has 0 saturated heterocycles. The Labute approximate surface area is 188 Å². The number of rotatable bonds is 11. The lowest BCUT2D eigenvalue weighted by Gasteiger charge is -2.30. The van der Waals surface area contributed by atoms with Crippen molar-refractivity contribution in [2.24, 2.45) is 0 Å². The van der Waals surface area contributed by atoms with Gasteiger partial charge in [0, 0.05) is 23.9 Å². The quantitative estimate of drug-likeness (QED) is 0.548. The lowest BCUT2D eigenvalue weighted by Crippen LogP contribution is -2.49. The third-order valence-electron chi connectivity index (χ3n) is 4.69. The van der Waals surface area contributed by atoms with Crippen molar-refractivity contribution in [1.29, 1.82) is 0 Å². The predicted octanol–water partition coefficient (Wildman–Crippen LogP) is 4.53. The van der Waals surface area contributed by atoms with Gasteiger partial charge in [-0.2, -0.15) is 0 Å². The Bertz CT molecular complexity index is 829. The van der Waals surface area contributed by atoms with Crippen LogP contribution < -0.4 is 10.1 Å². The number of hydrogen-bond acceptors (Lipinski definition) is 4. The van der Waals surface area contributed by atoms with E-state index in [1.54, 1.807) is 12.0 Å². The Balaban J connectivity index is 2.12. The summed E-state index contributed by atoms with van der Waals surface area (Å²) < 4.78 is 5.21. The molecule has 0 aromatic heterocycles. The van der Waals surface area contributed by atoms with Gasteiger partial charge >= 0.3 is 0 Å². The fourth-order valence-corrected chi connectivity index (χ4v) is 4.28. The lowest BCUT2D eigenvalue weighted by atomic mass is 10.1. The minimum atomic E-state index is -0.513. The maximum absolute atomic E-state index is 13.1. The third kappa shape index (κ3) is 6.96. The highest BCUT2D eigenvalue weighted by Gasteiger charge is 2.28. The molecule has 0 aliphatic heterocycles. The third-order valence-corrected chi connectivity index (χ3v) is 6.02. The molecule has 2 aromatic rings. The first kappa shape index (κ1) is 24.1. The molecular formula is C23H29ClN2O3S. The van der Waals surface area contributed by atoms with Gasteiger partial charge in [0.25, 0.3) is 0 Å². The maximum atomic E-state index is 13.1. The van der Waals surface area contributed by atoms with Crippen LogP contribution in [0.25, 0.3) is 0 Å². The van der Waals surface area contributed by atoms with Crippen molar-refractivity contribution in [1.82, 2.24) is 10.2 Å². The van der Waals surface area contributed by atoms with Crippen molar-refractivity contribution in [2.75, 3.05) is 19.4 Å². The highest BCUT2D eigenvalue weighted by atomic mass is 35.5. The second-order valence-corrected chi connectivity index (χ2v) is 8.17. The first-order valence-corrected chi connectivity index (χ1v) is 11.5. The summed E-state index contributed by atoms with van der Waals surface area (Å²) in [6.45, 7) is 4.69. The van der Waals surface area contributed by atoms with E-state index in [1.165, 1.54) is 11.8 Å². The van der Waals surface area contributed by atoms with Crippen molar-refractivity contribution >= 4 is 35.2 Å². The molecule has 1 atom stereocenters. The molecule has 7 heteroatoms. The highest BCUT2D eigenvalue weighted by molar-refractivity contribution is 7.99. The second-order valence-electron chi connectivity index (χ2n) is 6.77. The summed E-state index contributed by atoms with van der Waals surface area (Å²) in [5.74, 6) is 1.47. The molecule has 0 bridgehead atoms. The van der Waals surface area contributed by atoms with Crippen molar-refractivity contribution in [2.45, 2.75) is 38.6 Å². The Morgan fingerprint density at radius 3 is 2.43 bits per heavy atom. The van der Waals surface area contributed by atoms with Crippen LogP contribution in [0.5, 0.6) is 5.75 Å². The van der Waals surface area contributed by atoms with Gasteiger partial charge in [0.15, 0.2) is 0 Å². The average molecular weight is 449 g/mol. The van der Waals surface area contributed by atoms with E-state index in [0.717, 1.165) is 16.9 Å². The number of carbonyl (C=O) groups excluding carboxylic acids is 2. The average Bonchev–Trinajstić information content (AvgIpc) is 2.75. The second kappa shape index (κ2) is 12.5. The molecule has 162 valence electrons. The van der Waals surface area contributed by atoms with Crippen LogP contribution in [0.3, 0.4) is 0 Å². The fourth-order valence-electron chi connectivity index (χ4n) is 3.09. The zero-order valence-corrected chi connectivity index (χ0v) is 19.3. The molecule has 30 heavy (non-hydrogen) atoms. The van der Waals surface area contributed by atoms with Crippen LogP contribution in [0.15, 0.2) is 48.5 Å². The Morgan fingerprint density at radius 2 is 1.83 bits per heavy atom. The summed E-state index contributed by atoms with van der Waals surface area (Å²) in [6.07, 6.45) is 0.545. The van der Waals surface area contributed by atoms with Gasteiger partial charge in [0.2, 0.25) is 11.8 Å². The van der Waals surface area contributed by atoms with E-state index in [4.69, 9.17) is 16.3 Å². The highest BCUT2D eigenvalue weighted by Crippen LogP contribution is 2.22. The predicted molar refractivity (Wildman–Crippen MR) is 124 cm³/mol. The normalized spacial score (nSPS) is 11.6. The topological polar surface area (TPSA) is 58.6 Å². The first-order chi connectivity index (χ1) is 14.5. The largest absolute Gasteiger partial charge is 0.497 e. The monoisotopic (exact) mass is 448 g/mol.